The maximum atomic E-state index is 11.7. The van der Waals surface area contributed by atoms with Crippen molar-refractivity contribution in [3.63, 3.8) is 0 Å². The number of nitrogens with two attached hydrogens (primary N) is 1. The molecular weight excluding hydrogens is 222 g/mol. The molecule has 5 heteroatoms. The summed E-state index contributed by atoms with van der Waals surface area (Å²) in [6.07, 6.45) is -0.881. The number of ether oxygens (including phenoxy) is 2. The van der Waals surface area contributed by atoms with Gasteiger partial charge in [-0.25, -0.2) is 0 Å². The summed E-state index contributed by atoms with van der Waals surface area (Å²) in [6, 6.07) is -0.751. The number of esters is 2. The molecular formula is C12H23NO4. The van der Waals surface area contributed by atoms with Crippen LogP contribution < -0.4 is 5.73 Å². The van der Waals surface area contributed by atoms with Crippen molar-refractivity contribution in [1.82, 2.24) is 0 Å². The molecule has 0 heterocycles. The maximum Gasteiger partial charge on any atom is 0.326 e. The number of carbonyl (C=O) groups excluding carboxylic acids is 2. The molecule has 17 heavy (non-hydrogen) atoms. The molecule has 2 N–H and O–H groups in total. The van der Waals surface area contributed by atoms with E-state index in [2.05, 4.69) is 0 Å². The third-order valence-corrected chi connectivity index (χ3v) is 2.25. The second kappa shape index (κ2) is 6.00. The molecule has 0 aromatic rings. The average molecular weight is 245 g/mol. The molecule has 5 nitrogen and oxygen atoms in total. The number of hydrogen-bond acceptors (Lipinski definition) is 5. The van der Waals surface area contributed by atoms with E-state index in [9.17, 15) is 9.59 Å². The zero-order valence-corrected chi connectivity index (χ0v) is 11.4. The standard InChI is InChI=1S/C12H23NO4/c1-7(2)11(16-8(3)14)17-10(15)9(13)12(4,5)6/h7,9,11H,13H2,1-6H3/t9-,11-/m1/s1. The lowest BCUT2D eigenvalue weighted by Gasteiger charge is -2.28. The minimum Gasteiger partial charge on any atom is -0.425 e. The predicted molar refractivity (Wildman–Crippen MR) is 63.9 cm³/mol. The lowest BCUT2D eigenvalue weighted by molar-refractivity contribution is -0.196. The minimum atomic E-state index is -0.881. The number of carbonyl (C=O) groups is 2. The Balaban J connectivity index is 4.56. The minimum absolute atomic E-state index is 0.116. The third-order valence-electron chi connectivity index (χ3n) is 2.25. The molecule has 0 bridgehead atoms. The molecule has 0 aromatic carbocycles. The third kappa shape index (κ3) is 5.68. The average Bonchev–Trinajstić information content (AvgIpc) is 2.13. The summed E-state index contributed by atoms with van der Waals surface area (Å²) in [7, 11) is 0. The van der Waals surface area contributed by atoms with E-state index in [1.807, 2.05) is 20.8 Å². The van der Waals surface area contributed by atoms with Crippen molar-refractivity contribution in [2.75, 3.05) is 0 Å². The second-order valence-corrected chi connectivity index (χ2v) is 5.50. The Hall–Kier alpha value is -1.10. The van der Waals surface area contributed by atoms with Crippen molar-refractivity contribution >= 4 is 11.9 Å². The summed E-state index contributed by atoms with van der Waals surface area (Å²) in [6.45, 7) is 10.4. The topological polar surface area (TPSA) is 78.6 Å². The Bertz CT molecular complexity index is 281. The summed E-state index contributed by atoms with van der Waals surface area (Å²) < 4.78 is 10.0. The Morgan fingerprint density at radius 3 is 1.88 bits per heavy atom. The van der Waals surface area contributed by atoms with Gasteiger partial charge in [-0.1, -0.05) is 34.6 Å². The quantitative estimate of drug-likeness (QED) is 0.599. The predicted octanol–water partition coefficient (Wildman–Crippen LogP) is 1.45. The van der Waals surface area contributed by atoms with Crippen LogP contribution in [0.25, 0.3) is 0 Å². The van der Waals surface area contributed by atoms with E-state index in [1.165, 1.54) is 6.92 Å². The van der Waals surface area contributed by atoms with Gasteiger partial charge >= 0.3 is 11.9 Å². The fraction of sp³-hybridized carbons (Fsp3) is 0.833. The summed E-state index contributed by atoms with van der Waals surface area (Å²) in [4.78, 5) is 22.6. The maximum absolute atomic E-state index is 11.7. The van der Waals surface area contributed by atoms with E-state index in [4.69, 9.17) is 15.2 Å². The molecule has 0 spiro atoms. The van der Waals surface area contributed by atoms with E-state index >= 15 is 0 Å². The van der Waals surface area contributed by atoms with Crippen LogP contribution in [0.3, 0.4) is 0 Å². The van der Waals surface area contributed by atoms with Crippen molar-refractivity contribution in [2.24, 2.45) is 17.1 Å². The van der Waals surface area contributed by atoms with Crippen molar-refractivity contribution in [3.8, 4) is 0 Å². The van der Waals surface area contributed by atoms with Gasteiger partial charge in [-0.05, 0) is 5.41 Å². The monoisotopic (exact) mass is 245 g/mol. The van der Waals surface area contributed by atoms with Gasteiger partial charge in [-0.3, -0.25) is 9.59 Å². The molecule has 0 rings (SSSR count). The van der Waals surface area contributed by atoms with Gasteiger partial charge in [-0.2, -0.15) is 0 Å². The Kier molecular flexibility index (Phi) is 5.61. The normalized spacial score (nSPS) is 15.3. The number of hydrogen-bond donors (Lipinski definition) is 1. The van der Waals surface area contributed by atoms with Crippen LogP contribution in [-0.2, 0) is 19.1 Å². The van der Waals surface area contributed by atoms with Crippen LogP contribution in [0.15, 0.2) is 0 Å². The van der Waals surface area contributed by atoms with Crippen molar-refractivity contribution in [2.45, 2.75) is 53.9 Å². The molecule has 0 aliphatic rings. The van der Waals surface area contributed by atoms with Crippen LogP contribution in [-0.4, -0.2) is 24.3 Å². The molecule has 100 valence electrons. The van der Waals surface area contributed by atoms with E-state index in [1.54, 1.807) is 13.8 Å². The first kappa shape index (κ1) is 15.9. The molecule has 0 aromatic heterocycles. The van der Waals surface area contributed by atoms with Crippen molar-refractivity contribution < 1.29 is 19.1 Å². The second-order valence-electron chi connectivity index (χ2n) is 5.50. The fourth-order valence-electron chi connectivity index (χ4n) is 1.00. The molecule has 0 radical (unpaired) electrons. The Morgan fingerprint density at radius 1 is 1.12 bits per heavy atom. The van der Waals surface area contributed by atoms with E-state index in [-0.39, 0.29) is 5.92 Å². The summed E-state index contributed by atoms with van der Waals surface area (Å²) in [5, 5.41) is 0. The largest absolute Gasteiger partial charge is 0.425 e. The molecule has 0 aliphatic heterocycles. The molecule has 2 atom stereocenters. The van der Waals surface area contributed by atoms with Gasteiger partial charge in [0.1, 0.15) is 6.04 Å². The zero-order chi connectivity index (χ0) is 13.8. The SMILES string of the molecule is CC(=O)O[C@H](OC(=O)[C@@H](N)C(C)(C)C)C(C)C. The molecule has 0 aliphatic carbocycles. The van der Waals surface area contributed by atoms with Crippen LogP contribution in [0.4, 0.5) is 0 Å². The number of rotatable bonds is 4. The van der Waals surface area contributed by atoms with Crippen LogP contribution in [0.2, 0.25) is 0 Å². The van der Waals surface area contributed by atoms with Gasteiger partial charge in [0.25, 0.3) is 0 Å². The molecule has 0 fully saturated rings. The molecule has 0 saturated heterocycles. The first-order valence-corrected chi connectivity index (χ1v) is 5.69. The lowest BCUT2D eigenvalue weighted by Crippen LogP contribution is -2.45. The first-order valence-electron chi connectivity index (χ1n) is 5.69. The van der Waals surface area contributed by atoms with Gasteiger partial charge in [0, 0.05) is 12.8 Å². The molecule has 0 amide bonds. The van der Waals surface area contributed by atoms with Gasteiger partial charge in [0.2, 0.25) is 6.29 Å². The van der Waals surface area contributed by atoms with Gasteiger partial charge < -0.3 is 15.2 Å². The van der Waals surface area contributed by atoms with Gasteiger partial charge in [0.15, 0.2) is 0 Å². The van der Waals surface area contributed by atoms with Gasteiger partial charge in [-0.15, -0.1) is 0 Å². The van der Waals surface area contributed by atoms with Gasteiger partial charge in [0.05, 0.1) is 0 Å². The highest BCUT2D eigenvalue weighted by molar-refractivity contribution is 5.76. The van der Waals surface area contributed by atoms with Crippen LogP contribution in [0.5, 0.6) is 0 Å². The molecule has 0 saturated carbocycles. The smallest absolute Gasteiger partial charge is 0.326 e. The van der Waals surface area contributed by atoms with Crippen molar-refractivity contribution in [3.05, 3.63) is 0 Å². The van der Waals surface area contributed by atoms with Crippen LogP contribution >= 0.6 is 0 Å². The van der Waals surface area contributed by atoms with Crippen LogP contribution in [0, 0.1) is 11.3 Å². The van der Waals surface area contributed by atoms with E-state index < -0.39 is 29.7 Å². The van der Waals surface area contributed by atoms with Crippen molar-refractivity contribution in [1.29, 1.82) is 0 Å². The summed E-state index contributed by atoms with van der Waals surface area (Å²) in [5.74, 6) is -1.16. The Labute approximate surface area is 103 Å². The zero-order valence-electron chi connectivity index (χ0n) is 11.4. The van der Waals surface area contributed by atoms with E-state index in [0.29, 0.717) is 0 Å². The fourth-order valence-corrected chi connectivity index (χ4v) is 1.00. The Morgan fingerprint density at radius 2 is 1.59 bits per heavy atom. The first-order chi connectivity index (χ1) is 7.55. The molecule has 0 unspecified atom stereocenters. The highest BCUT2D eigenvalue weighted by Gasteiger charge is 2.32. The van der Waals surface area contributed by atoms with Crippen LogP contribution in [0.1, 0.15) is 41.5 Å². The highest BCUT2D eigenvalue weighted by Crippen LogP contribution is 2.20. The van der Waals surface area contributed by atoms with E-state index in [0.717, 1.165) is 0 Å². The highest BCUT2D eigenvalue weighted by atomic mass is 16.7. The lowest BCUT2D eigenvalue weighted by atomic mass is 9.87. The summed E-state index contributed by atoms with van der Waals surface area (Å²) >= 11 is 0. The summed E-state index contributed by atoms with van der Waals surface area (Å²) in [5.41, 5.74) is 5.36.